The zero-order valence-electron chi connectivity index (χ0n) is 7.69. The lowest BCUT2D eigenvalue weighted by Crippen LogP contribution is -2.41. The predicted octanol–water partition coefficient (Wildman–Crippen LogP) is 0.572. The molecule has 1 aromatic carbocycles. The maximum absolute atomic E-state index is 10.8. The molecule has 3 nitrogen and oxygen atoms in total. The molecule has 0 N–H and O–H groups in total. The molecule has 0 saturated carbocycles. The van der Waals surface area contributed by atoms with E-state index in [1.165, 1.54) is 11.3 Å². The number of aromatic nitrogens is 1. The Morgan fingerprint density at radius 2 is 2.21 bits per heavy atom. The number of rotatable bonds is 2. The number of nitrogens with zero attached hydrogens (tertiary/aromatic N) is 1. The zero-order chi connectivity index (χ0) is 10.1. The summed E-state index contributed by atoms with van der Waals surface area (Å²) in [5, 5.41) is 11.1. The van der Waals surface area contributed by atoms with E-state index >= 15 is 0 Å². The van der Waals surface area contributed by atoms with Crippen molar-refractivity contribution in [1.82, 2.24) is 0 Å². The molecule has 0 fully saturated rings. The number of fused-ring (bicyclic) bond motifs is 1. The third kappa shape index (κ3) is 1.28. The van der Waals surface area contributed by atoms with Crippen molar-refractivity contribution >= 4 is 27.5 Å². The summed E-state index contributed by atoms with van der Waals surface area (Å²) in [5.41, 5.74) is 0.958. The molecule has 14 heavy (non-hydrogen) atoms. The van der Waals surface area contributed by atoms with Crippen LogP contribution in [0.4, 0.5) is 0 Å². The Hall–Kier alpha value is -1.42. The monoisotopic (exact) mass is 207 g/mol. The van der Waals surface area contributed by atoms with E-state index in [0.717, 1.165) is 10.2 Å². The van der Waals surface area contributed by atoms with Crippen LogP contribution in [0.15, 0.2) is 24.3 Å². The molecule has 72 valence electrons. The van der Waals surface area contributed by atoms with Crippen LogP contribution in [0.2, 0.25) is 0 Å². The van der Waals surface area contributed by atoms with Gasteiger partial charge in [0.2, 0.25) is 5.52 Å². The summed E-state index contributed by atoms with van der Waals surface area (Å²) >= 11 is 1.26. The minimum atomic E-state index is -1.10. The first-order valence-corrected chi connectivity index (χ1v) is 5.18. The van der Waals surface area contributed by atoms with Crippen molar-refractivity contribution in [3.63, 3.8) is 0 Å². The minimum absolute atomic E-state index is 0.286. The van der Waals surface area contributed by atoms with E-state index in [1.807, 2.05) is 31.2 Å². The number of aromatic carboxylic acids is 1. The van der Waals surface area contributed by atoms with E-state index in [9.17, 15) is 9.90 Å². The van der Waals surface area contributed by atoms with Crippen LogP contribution in [0.25, 0.3) is 10.2 Å². The van der Waals surface area contributed by atoms with Gasteiger partial charge in [-0.05, 0) is 13.0 Å². The van der Waals surface area contributed by atoms with Gasteiger partial charge in [-0.2, -0.15) is 4.57 Å². The summed E-state index contributed by atoms with van der Waals surface area (Å²) in [6, 6.07) is 7.64. The summed E-state index contributed by atoms with van der Waals surface area (Å²) < 4.78 is 2.74. The Morgan fingerprint density at radius 1 is 1.50 bits per heavy atom. The van der Waals surface area contributed by atoms with E-state index in [-0.39, 0.29) is 5.01 Å². The average Bonchev–Trinajstić information content (AvgIpc) is 2.56. The zero-order valence-corrected chi connectivity index (χ0v) is 8.50. The molecule has 0 atom stereocenters. The lowest BCUT2D eigenvalue weighted by Gasteiger charge is -1.95. The molecule has 0 unspecified atom stereocenters. The van der Waals surface area contributed by atoms with Gasteiger partial charge >= 0.3 is 0 Å². The highest BCUT2D eigenvalue weighted by molar-refractivity contribution is 7.19. The molecular formula is C10H9NO2S. The molecule has 0 aliphatic rings. The highest BCUT2D eigenvalue weighted by Crippen LogP contribution is 2.19. The Morgan fingerprint density at radius 3 is 2.86 bits per heavy atom. The Balaban J connectivity index is 2.78. The molecule has 0 radical (unpaired) electrons. The van der Waals surface area contributed by atoms with Gasteiger partial charge in [-0.15, -0.1) is 0 Å². The second-order valence-corrected chi connectivity index (χ2v) is 3.94. The van der Waals surface area contributed by atoms with Crippen molar-refractivity contribution < 1.29 is 14.5 Å². The molecule has 0 bridgehead atoms. The highest BCUT2D eigenvalue weighted by atomic mass is 32.1. The molecule has 0 aliphatic carbocycles. The second kappa shape index (κ2) is 3.38. The van der Waals surface area contributed by atoms with E-state index in [0.29, 0.717) is 6.54 Å². The van der Waals surface area contributed by atoms with Gasteiger partial charge in [-0.25, -0.2) is 0 Å². The van der Waals surface area contributed by atoms with Crippen LogP contribution in [0.5, 0.6) is 0 Å². The number of aryl methyl sites for hydroxylation is 1. The molecule has 2 rings (SSSR count). The van der Waals surface area contributed by atoms with Crippen molar-refractivity contribution in [2.24, 2.45) is 0 Å². The summed E-state index contributed by atoms with van der Waals surface area (Å²) in [5.74, 6) is -1.10. The molecule has 0 amide bonds. The number of hydrogen-bond acceptors (Lipinski definition) is 3. The molecular weight excluding hydrogens is 198 g/mol. The average molecular weight is 207 g/mol. The van der Waals surface area contributed by atoms with E-state index in [2.05, 4.69) is 0 Å². The fourth-order valence-corrected chi connectivity index (χ4v) is 2.56. The molecule has 0 saturated heterocycles. The normalized spacial score (nSPS) is 10.6. The quantitative estimate of drug-likeness (QED) is 0.676. The largest absolute Gasteiger partial charge is 0.539 e. The second-order valence-electron chi connectivity index (χ2n) is 2.91. The number of carboxylic acid groups (broad SMARTS) is 1. The molecule has 0 aliphatic heterocycles. The standard InChI is InChI=1S/C10H9NO2S/c1-2-11-7-5-3-4-6-8(7)14-9(11)10(12)13/h3-6H,2H2,1H3. The first kappa shape index (κ1) is 9.15. The van der Waals surface area contributed by atoms with Crippen molar-refractivity contribution in [1.29, 1.82) is 0 Å². The number of carbonyl (C=O) groups excluding carboxylic acids is 1. The smallest absolute Gasteiger partial charge is 0.285 e. The maximum atomic E-state index is 10.8. The van der Waals surface area contributed by atoms with Crippen LogP contribution in [-0.2, 0) is 6.54 Å². The molecule has 2 aromatic rings. The maximum Gasteiger partial charge on any atom is 0.285 e. The highest BCUT2D eigenvalue weighted by Gasteiger charge is 2.18. The van der Waals surface area contributed by atoms with Crippen molar-refractivity contribution in [2.75, 3.05) is 0 Å². The van der Waals surface area contributed by atoms with Crippen LogP contribution < -0.4 is 9.67 Å². The molecule has 4 heteroatoms. The first-order valence-electron chi connectivity index (χ1n) is 4.36. The third-order valence-corrected chi connectivity index (χ3v) is 3.24. The van der Waals surface area contributed by atoms with Gasteiger partial charge in [0.1, 0.15) is 11.2 Å². The van der Waals surface area contributed by atoms with E-state index < -0.39 is 5.97 Å². The van der Waals surface area contributed by atoms with Gasteiger partial charge in [0, 0.05) is 6.07 Å². The summed E-state index contributed by atoms with van der Waals surface area (Å²) in [7, 11) is 0. The van der Waals surface area contributed by atoms with Crippen LogP contribution in [-0.4, -0.2) is 5.97 Å². The van der Waals surface area contributed by atoms with Crippen LogP contribution in [0.3, 0.4) is 0 Å². The molecule has 1 heterocycles. The molecule has 1 aromatic heterocycles. The fourth-order valence-electron chi connectivity index (χ4n) is 1.50. The topological polar surface area (TPSA) is 44.0 Å². The predicted molar refractivity (Wildman–Crippen MR) is 52.0 cm³/mol. The van der Waals surface area contributed by atoms with E-state index in [1.54, 1.807) is 4.57 Å². The summed E-state index contributed by atoms with van der Waals surface area (Å²) in [6.45, 7) is 2.57. The van der Waals surface area contributed by atoms with Gasteiger partial charge < -0.3 is 9.90 Å². The van der Waals surface area contributed by atoms with Crippen LogP contribution in [0.1, 0.15) is 16.7 Å². The number of hydrogen-bond donors (Lipinski definition) is 0. The minimum Gasteiger partial charge on any atom is -0.539 e. The lowest BCUT2D eigenvalue weighted by molar-refractivity contribution is -0.667. The van der Waals surface area contributed by atoms with Crippen LogP contribution in [0, 0.1) is 0 Å². The van der Waals surface area contributed by atoms with Crippen molar-refractivity contribution in [3.8, 4) is 0 Å². The molecule has 0 spiro atoms. The summed E-state index contributed by atoms with van der Waals surface area (Å²) in [4.78, 5) is 10.8. The first-order chi connectivity index (χ1) is 6.74. The third-order valence-electron chi connectivity index (χ3n) is 2.10. The number of carbonyl (C=O) groups is 1. The number of carboxylic acids is 1. The lowest BCUT2D eigenvalue weighted by atomic mass is 10.3. The van der Waals surface area contributed by atoms with Crippen molar-refractivity contribution in [3.05, 3.63) is 29.3 Å². The Labute approximate surface area is 85.2 Å². The summed E-state index contributed by atoms with van der Waals surface area (Å²) in [6.07, 6.45) is 0. The number of para-hydroxylation sites is 1. The van der Waals surface area contributed by atoms with Crippen LogP contribution >= 0.6 is 11.3 Å². The van der Waals surface area contributed by atoms with Gasteiger partial charge in [-0.1, -0.05) is 23.5 Å². The van der Waals surface area contributed by atoms with Gasteiger partial charge in [0.15, 0.2) is 5.97 Å². The van der Waals surface area contributed by atoms with Gasteiger partial charge in [0.05, 0.1) is 0 Å². The van der Waals surface area contributed by atoms with Gasteiger partial charge in [0.25, 0.3) is 5.01 Å². The SMILES string of the molecule is CC[n+]1c(C(=O)[O-])sc2ccccc21. The Kier molecular flexibility index (Phi) is 2.21. The van der Waals surface area contributed by atoms with E-state index in [4.69, 9.17) is 0 Å². The Bertz CT molecular complexity index is 490. The van der Waals surface area contributed by atoms with Gasteiger partial charge in [-0.3, -0.25) is 0 Å². The number of benzene rings is 1. The number of thiazole rings is 1. The van der Waals surface area contributed by atoms with Crippen molar-refractivity contribution in [2.45, 2.75) is 13.5 Å². The fraction of sp³-hybridized carbons (Fsp3) is 0.200.